The number of hydrogen-bond acceptors (Lipinski definition) is 4. The number of nitrogens with zero attached hydrogens (tertiary/aromatic N) is 1. The van der Waals surface area contributed by atoms with Gasteiger partial charge in [0.15, 0.2) is 0 Å². The summed E-state index contributed by atoms with van der Waals surface area (Å²) in [6.07, 6.45) is 2.81. The summed E-state index contributed by atoms with van der Waals surface area (Å²) in [7, 11) is 1.24. The summed E-state index contributed by atoms with van der Waals surface area (Å²) in [5.74, 6) is -1.07. The van der Waals surface area contributed by atoms with E-state index >= 15 is 0 Å². The Morgan fingerprint density at radius 3 is 2.62 bits per heavy atom. The highest BCUT2D eigenvalue weighted by Gasteiger charge is 2.16. The molecular weight excluding hydrogens is 315 g/mol. The monoisotopic (exact) mass is 324 g/mol. The molecule has 0 bridgehead atoms. The van der Waals surface area contributed by atoms with Crippen LogP contribution >= 0.6 is 23.2 Å². The van der Waals surface area contributed by atoms with E-state index in [1.54, 1.807) is 6.07 Å². The number of halogens is 2. The number of rotatable bonds is 3. The molecule has 1 N–H and O–H groups in total. The minimum atomic E-state index is -0.603. The van der Waals surface area contributed by atoms with E-state index in [1.807, 2.05) is 0 Å². The van der Waals surface area contributed by atoms with Gasteiger partial charge in [-0.1, -0.05) is 23.2 Å². The fourth-order valence-corrected chi connectivity index (χ4v) is 2.03. The van der Waals surface area contributed by atoms with Crippen molar-refractivity contribution in [1.29, 1.82) is 0 Å². The molecule has 1 aromatic carbocycles. The molecule has 2 rings (SSSR count). The maximum absolute atomic E-state index is 12.2. The third kappa shape index (κ3) is 3.51. The van der Waals surface area contributed by atoms with Crippen LogP contribution in [0.25, 0.3) is 0 Å². The van der Waals surface area contributed by atoms with Crippen molar-refractivity contribution in [3.63, 3.8) is 0 Å². The van der Waals surface area contributed by atoms with Crippen LogP contribution in [-0.2, 0) is 4.74 Å². The number of pyridine rings is 1. The van der Waals surface area contributed by atoms with Crippen molar-refractivity contribution in [3.05, 3.63) is 57.8 Å². The first-order valence-electron chi connectivity index (χ1n) is 5.81. The van der Waals surface area contributed by atoms with E-state index < -0.39 is 11.9 Å². The lowest BCUT2D eigenvalue weighted by atomic mass is 10.1. The molecule has 7 heteroatoms. The van der Waals surface area contributed by atoms with Crippen LogP contribution in [0.1, 0.15) is 20.7 Å². The zero-order valence-electron chi connectivity index (χ0n) is 10.9. The number of aromatic nitrogens is 1. The molecule has 0 aliphatic rings. The Kier molecular flexibility index (Phi) is 4.77. The summed E-state index contributed by atoms with van der Waals surface area (Å²) in [6, 6.07) is 5.96. The Labute approximate surface area is 130 Å². The molecule has 0 spiro atoms. The number of esters is 1. The van der Waals surface area contributed by atoms with Crippen LogP contribution in [0.2, 0.25) is 10.0 Å². The van der Waals surface area contributed by atoms with Gasteiger partial charge < -0.3 is 10.1 Å². The number of methoxy groups -OCH3 is 1. The summed E-state index contributed by atoms with van der Waals surface area (Å²) < 4.78 is 4.66. The van der Waals surface area contributed by atoms with E-state index in [9.17, 15) is 9.59 Å². The predicted molar refractivity (Wildman–Crippen MR) is 80.0 cm³/mol. The van der Waals surface area contributed by atoms with E-state index in [2.05, 4.69) is 15.0 Å². The Hall–Kier alpha value is -2.11. The van der Waals surface area contributed by atoms with Crippen molar-refractivity contribution in [2.75, 3.05) is 12.4 Å². The second-order valence-electron chi connectivity index (χ2n) is 3.99. The molecule has 0 saturated carbocycles. The van der Waals surface area contributed by atoms with Gasteiger partial charge in [-0.2, -0.15) is 0 Å². The third-order valence-electron chi connectivity index (χ3n) is 2.65. The molecule has 0 aliphatic carbocycles. The van der Waals surface area contributed by atoms with E-state index in [0.717, 1.165) is 0 Å². The summed E-state index contributed by atoms with van der Waals surface area (Å²) in [6.45, 7) is 0. The molecule has 0 unspecified atom stereocenters. The van der Waals surface area contributed by atoms with Crippen LogP contribution in [0.4, 0.5) is 5.69 Å². The lowest BCUT2D eigenvalue weighted by Gasteiger charge is -2.10. The van der Waals surface area contributed by atoms with Crippen LogP contribution in [0.15, 0.2) is 36.7 Å². The molecule has 5 nitrogen and oxygen atoms in total. The van der Waals surface area contributed by atoms with E-state index in [1.165, 1.54) is 37.7 Å². The van der Waals surface area contributed by atoms with Crippen molar-refractivity contribution in [2.45, 2.75) is 0 Å². The topological polar surface area (TPSA) is 68.3 Å². The van der Waals surface area contributed by atoms with Gasteiger partial charge in [-0.05, 0) is 24.3 Å². The van der Waals surface area contributed by atoms with Gasteiger partial charge in [0.1, 0.15) is 0 Å². The molecule has 2 aromatic rings. The van der Waals surface area contributed by atoms with Crippen LogP contribution in [0.3, 0.4) is 0 Å². The van der Waals surface area contributed by atoms with Crippen LogP contribution in [-0.4, -0.2) is 24.0 Å². The highest BCUT2D eigenvalue weighted by atomic mass is 35.5. The number of ether oxygens (including phenoxy) is 1. The lowest BCUT2D eigenvalue weighted by molar-refractivity contribution is 0.0602. The van der Waals surface area contributed by atoms with Crippen LogP contribution in [0.5, 0.6) is 0 Å². The molecular formula is C14H10Cl2N2O3. The molecule has 0 saturated heterocycles. The van der Waals surface area contributed by atoms with E-state index in [-0.39, 0.29) is 21.8 Å². The highest BCUT2D eigenvalue weighted by molar-refractivity contribution is 6.34. The summed E-state index contributed by atoms with van der Waals surface area (Å²) in [4.78, 5) is 27.7. The molecule has 0 radical (unpaired) electrons. The lowest BCUT2D eigenvalue weighted by Crippen LogP contribution is -2.16. The van der Waals surface area contributed by atoms with Gasteiger partial charge >= 0.3 is 5.97 Å². The fraction of sp³-hybridized carbons (Fsp3) is 0.0714. The molecule has 108 valence electrons. The number of hydrogen-bond donors (Lipinski definition) is 1. The minimum Gasteiger partial charge on any atom is -0.465 e. The Morgan fingerprint density at radius 1 is 1.19 bits per heavy atom. The van der Waals surface area contributed by atoms with Gasteiger partial charge in [0.05, 0.1) is 28.9 Å². The predicted octanol–water partition coefficient (Wildman–Crippen LogP) is 3.43. The van der Waals surface area contributed by atoms with Gasteiger partial charge in [-0.25, -0.2) is 4.79 Å². The molecule has 1 amide bonds. The third-order valence-corrected chi connectivity index (χ3v) is 3.19. The molecule has 0 aliphatic heterocycles. The van der Waals surface area contributed by atoms with Crippen molar-refractivity contribution < 1.29 is 14.3 Å². The first-order valence-corrected chi connectivity index (χ1v) is 6.57. The second-order valence-corrected chi connectivity index (χ2v) is 4.83. The van der Waals surface area contributed by atoms with Gasteiger partial charge in [-0.15, -0.1) is 0 Å². The maximum atomic E-state index is 12.2. The second kappa shape index (κ2) is 6.56. The Morgan fingerprint density at radius 2 is 1.95 bits per heavy atom. The quantitative estimate of drug-likeness (QED) is 0.878. The largest absolute Gasteiger partial charge is 0.465 e. The zero-order chi connectivity index (χ0) is 15.4. The van der Waals surface area contributed by atoms with Crippen molar-refractivity contribution in [1.82, 2.24) is 4.98 Å². The number of nitrogens with one attached hydrogen (secondary N) is 1. The molecule has 1 aromatic heterocycles. The fourth-order valence-electron chi connectivity index (χ4n) is 1.65. The van der Waals surface area contributed by atoms with Crippen LogP contribution < -0.4 is 5.32 Å². The van der Waals surface area contributed by atoms with Crippen molar-refractivity contribution in [3.8, 4) is 0 Å². The zero-order valence-corrected chi connectivity index (χ0v) is 12.4. The average molecular weight is 325 g/mol. The number of carbonyl (C=O) groups is 2. The summed E-state index contributed by atoms with van der Waals surface area (Å²) >= 11 is 11.8. The number of carbonyl (C=O) groups excluding carboxylic acids is 2. The first-order chi connectivity index (χ1) is 10.0. The van der Waals surface area contributed by atoms with Gasteiger partial charge in [-0.3, -0.25) is 9.78 Å². The molecule has 1 heterocycles. The Bertz CT molecular complexity index is 704. The maximum Gasteiger partial charge on any atom is 0.340 e. The first kappa shape index (κ1) is 15.3. The molecule has 21 heavy (non-hydrogen) atoms. The molecule has 0 atom stereocenters. The summed E-state index contributed by atoms with van der Waals surface area (Å²) in [5.41, 5.74) is 0.685. The summed E-state index contributed by atoms with van der Waals surface area (Å²) in [5, 5.41) is 3.17. The van der Waals surface area contributed by atoms with E-state index in [4.69, 9.17) is 23.2 Å². The standard InChI is InChI=1S/C14H10Cl2N2O3/c1-21-14(20)10-6-8(15)2-3-12(10)18-13(19)9-4-5-17-7-11(9)16/h2-7H,1H3,(H,18,19). The smallest absolute Gasteiger partial charge is 0.340 e. The van der Waals surface area contributed by atoms with Crippen LogP contribution in [0, 0.1) is 0 Å². The normalized spacial score (nSPS) is 10.0. The number of anilines is 1. The minimum absolute atomic E-state index is 0.156. The van der Waals surface area contributed by atoms with E-state index in [0.29, 0.717) is 5.02 Å². The molecule has 0 fully saturated rings. The number of amides is 1. The van der Waals surface area contributed by atoms with Gasteiger partial charge in [0.25, 0.3) is 5.91 Å². The average Bonchev–Trinajstić information content (AvgIpc) is 2.48. The Balaban J connectivity index is 2.34. The SMILES string of the molecule is COC(=O)c1cc(Cl)ccc1NC(=O)c1ccncc1Cl. The van der Waals surface area contributed by atoms with Gasteiger partial charge in [0, 0.05) is 17.4 Å². The highest BCUT2D eigenvalue weighted by Crippen LogP contribution is 2.23. The van der Waals surface area contributed by atoms with Gasteiger partial charge in [0.2, 0.25) is 0 Å². The van der Waals surface area contributed by atoms with Crippen molar-refractivity contribution in [2.24, 2.45) is 0 Å². The van der Waals surface area contributed by atoms with Crippen molar-refractivity contribution >= 4 is 40.8 Å². The number of benzene rings is 1.